The molecule has 1 aliphatic rings. The van der Waals surface area contributed by atoms with E-state index in [4.69, 9.17) is 15.2 Å². The zero-order chi connectivity index (χ0) is 25.2. The van der Waals surface area contributed by atoms with E-state index >= 15 is 0 Å². The number of anilines is 2. The van der Waals surface area contributed by atoms with Gasteiger partial charge in [-0.1, -0.05) is 0 Å². The van der Waals surface area contributed by atoms with Gasteiger partial charge in [-0.05, 0) is 52.7 Å². The molecule has 0 bridgehead atoms. The van der Waals surface area contributed by atoms with Gasteiger partial charge in [0.15, 0.2) is 5.65 Å². The van der Waals surface area contributed by atoms with Crippen LogP contribution < -0.4 is 20.7 Å². The maximum absolute atomic E-state index is 14.3. The second kappa shape index (κ2) is 9.93. The normalized spacial score (nSPS) is 16.9. The number of nitrogens with zero attached hydrogens (tertiary/aromatic N) is 5. The highest BCUT2D eigenvalue weighted by atomic mass is 19.1. The number of carbonyl (C=O) groups is 1. The van der Waals surface area contributed by atoms with E-state index in [-0.39, 0.29) is 12.1 Å². The van der Waals surface area contributed by atoms with Crippen molar-refractivity contribution in [2.24, 2.45) is 0 Å². The summed E-state index contributed by atoms with van der Waals surface area (Å²) in [5.74, 6) is 0.678. The number of nitrogen functional groups attached to an aromatic ring is 1. The first-order valence-electron chi connectivity index (χ1n) is 11.8. The lowest BCUT2D eigenvalue weighted by molar-refractivity contribution is 0.0521. The largest absolute Gasteiger partial charge is 0.474 e. The number of rotatable bonds is 7. The molecular weight excluding hydrogens is 453 g/mol. The number of hydrogen-bond donors (Lipinski definition) is 2. The van der Waals surface area contributed by atoms with Crippen molar-refractivity contribution in [3.8, 4) is 5.88 Å². The van der Waals surface area contributed by atoms with Gasteiger partial charge in [-0.15, -0.1) is 0 Å². The fraction of sp³-hybridized carbons (Fsp3) is 0.500. The Bertz CT molecular complexity index is 1190. The van der Waals surface area contributed by atoms with Crippen molar-refractivity contribution in [3.63, 3.8) is 0 Å². The summed E-state index contributed by atoms with van der Waals surface area (Å²) in [6.07, 6.45) is 6.04. The topological polar surface area (TPSA) is 120 Å². The first-order valence-corrected chi connectivity index (χ1v) is 11.8. The van der Waals surface area contributed by atoms with E-state index in [1.165, 1.54) is 6.07 Å². The molecule has 0 radical (unpaired) electrons. The number of aromatic nitrogens is 4. The van der Waals surface area contributed by atoms with E-state index in [2.05, 4.69) is 25.3 Å². The van der Waals surface area contributed by atoms with Crippen LogP contribution in [0.1, 0.15) is 58.6 Å². The average molecular weight is 486 g/mol. The van der Waals surface area contributed by atoms with Gasteiger partial charge in [-0.25, -0.2) is 23.7 Å². The minimum atomic E-state index is -0.560. The number of hydrogen-bond acceptors (Lipinski definition) is 8. The summed E-state index contributed by atoms with van der Waals surface area (Å²) in [7, 11) is 0. The summed E-state index contributed by atoms with van der Waals surface area (Å²) in [6.45, 7) is 8.45. The fourth-order valence-corrected chi connectivity index (χ4v) is 4.12. The van der Waals surface area contributed by atoms with Crippen LogP contribution in [0.3, 0.4) is 0 Å². The number of pyridine rings is 1. The van der Waals surface area contributed by atoms with Crippen LogP contribution in [0.2, 0.25) is 0 Å². The highest BCUT2D eigenvalue weighted by Crippen LogP contribution is 2.39. The summed E-state index contributed by atoms with van der Waals surface area (Å²) in [6, 6.07) is 3.19. The molecule has 0 aromatic carbocycles. The lowest BCUT2D eigenvalue weighted by atomic mass is 10.1. The van der Waals surface area contributed by atoms with Crippen molar-refractivity contribution in [2.75, 3.05) is 23.7 Å². The summed E-state index contributed by atoms with van der Waals surface area (Å²) in [5.41, 5.74) is 7.17. The molecule has 1 aliphatic heterocycles. The molecule has 1 fully saturated rings. The van der Waals surface area contributed by atoms with Crippen LogP contribution in [0.25, 0.3) is 5.65 Å². The van der Waals surface area contributed by atoms with Crippen molar-refractivity contribution in [2.45, 2.75) is 64.7 Å². The molecule has 1 saturated heterocycles. The Labute approximate surface area is 203 Å². The van der Waals surface area contributed by atoms with Gasteiger partial charge in [0, 0.05) is 31.3 Å². The second-order valence-corrected chi connectivity index (χ2v) is 9.70. The standard InChI is InChI=1S/C24H32FN7O3/c1-15(7-9-27-23(33)35-24(2,3)4)34-22-17(12-16(25)13-28-22)19-6-5-10-31(19)20-8-11-32-21(30-20)18(26)14-29-32/h8,11-15,19H,5-7,9-10,26H2,1-4H3,(H,27,33)/t15-,19+/m0/s1. The number of amides is 1. The van der Waals surface area contributed by atoms with Crippen molar-refractivity contribution in [1.29, 1.82) is 0 Å². The van der Waals surface area contributed by atoms with Gasteiger partial charge in [0.05, 0.1) is 30.2 Å². The number of alkyl carbamates (subject to hydrolysis) is 1. The maximum atomic E-state index is 14.3. The van der Waals surface area contributed by atoms with E-state index in [9.17, 15) is 9.18 Å². The quantitative estimate of drug-likeness (QED) is 0.518. The van der Waals surface area contributed by atoms with E-state index in [1.807, 2.05) is 40.0 Å². The van der Waals surface area contributed by atoms with Crippen molar-refractivity contribution < 1.29 is 18.7 Å². The molecule has 35 heavy (non-hydrogen) atoms. The highest BCUT2D eigenvalue weighted by molar-refractivity contribution is 5.67. The van der Waals surface area contributed by atoms with Gasteiger partial charge in [0.1, 0.15) is 17.2 Å². The number of ether oxygens (including phenoxy) is 2. The molecule has 0 saturated carbocycles. The maximum Gasteiger partial charge on any atom is 0.407 e. The fourth-order valence-electron chi connectivity index (χ4n) is 4.12. The number of nitrogens with one attached hydrogen (secondary N) is 1. The van der Waals surface area contributed by atoms with Crippen LogP contribution in [0.5, 0.6) is 5.88 Å². The third-order valence-corrected chi connectivity index (χ3v) is 5.67. The van der Waals surface area contributed by atoms with E-state index < -0.39 is 17.5 Å². The van der Waals surface area contributed by atoms with E-state index in [1.54, 1.807) is 10.7 Å². The minimum Gasteiger partial charge on any atom is -0.474 e. The van der Waals surface area contributed by atoms with Gasteiger partial charge in [-0.3, -0.25) is 0 Å². The smallest absolute Gasteiger partial charge is 0.407 e. The molecule has 4 rings (SSSR count). The summed E-state index contributed by atoms with van der Waals surface area (Å²) in [4.78, 5) is 22.9. The summed E-state index contributed by atoms with van der Waals surface area (Å²) >= 11 is 0. The number of halogens is 1. The Balaban J connectivity index is 1.47. The Morgan fingerprint density at radius 3 is 2.94 bits per heavy atom. The Kier molecular flexibility index (Phi) is 6.95. The zero-order valence-corrected chi connectivity index (χ0v) is 20.5. The second-order valence-electron chi connectivity index (χ2n) is 9.70. The van der Waals surface area contributed by atoms with Crippen molar-refractivity contribution >= 4 is 23.2 Å². The molecule has 1 amide bonds. The highest BCUT2D eigenvalue weighted by Gasteiger charge is 2.31. The van der Waals surface area contributed by atoms with Gasteiger partial charge >= 0.3 is 6.09 Å². The lowest BCUT2D eigenvalue weighted by Gasteiger charge is -2.28. The Morgan fingerprint density at radius 1 is 1.37 bits per heavy atom. The van der Waals surface area contributed by atoms with Gasteiger partial charge < -0.3 is 25.4 Å². The molecule has 3 N–H and O–H groups in total. The minimum absolute atomic E-state index is 0.153. The average Bonchev–Trinajstić information content (AvgIpc) is 3.40. The molecule has 3 aromatic rings. The lowest BCUT2D eigenvalue weighted by Crippen LogP contribution is -2.34. The van der Waals surface area contributed by atoms with E-state index in [0.29, 0.717) is 35.7 Å². The third kappa shape index (κ3) is 5.90. The number of fused-ring (bicyclic) bond motifs is 1. The number of nitrogens with two attached hydrogens (primary N) is 1. The molecule has 0 aliphatic carbocycles. The third-order valence-electron chi connectivity index (χ3n) is 5.67. The Hall–Kier alpha value is -3.63. The number of carbonyl (C=O) groups excluding carboxylic acids is 1. The summed E-state index contributed by atoms with van der Waals surface area (Å²) < 4.78 is 27.2. The van der Waals surface area contributed by atoms with Crippen LogP contribution in [0.15, 0.2) is 30.7 Å². The van der Waals surface area contributed by atoms with Gasteiger partial charge in [0.2, 0.25) is 5.88 Å². The monoisotopic (exact) mass is 485 g/mol. The van der Waals surface area contributed by atoms with Gasteiger partial charge in [-0.2, -0.15) is 5.10 Å². The molecule has 0 spiro atoms. The summed E-state index contributed by atoms with van der Waals surface area (Å²) in [5, 5.41) is 6.90. The molecule has 188 valence electrons. The van der Waals surface area contributed by atoms with Crippen LogP contribution in [-0.2, 0) is 4.74 Å². The Morgan fingerprint density at radius 2 is 2.17 bits per heavy atom. The van der Waals surface area contributed by atoms with Crippen LogP contribution in [0.4, 0.5) is 20.7 Å². The SMILES string of the molecule is C[C@@H](CCNC(=O)OC(C)(C)C)Oc1ncc(F)cc1[C@H]1CCCN1c1ccn2ncc(N)c2n1. The molecule has 11 heteroatoms. The van der Waals surface area contributed by atoms with Crippen molar-refractivity contribution in [1.82, 2.24) is 24.9 Å². The molecular formula is C24H32FN7O3. The zero-order valence-electron chi connectivity index (χ0n) is 20.5. The van der Waals surface area contributed by atoms with Crippen molar-refractivity contribution in [3.05, 3.63) is 42.1 Å². The molecule has 4 heterocycles. The van der Waals surface area contributed by atoms with E-state index in [0.717, 1.165) is 31.4 Å². The molecule has 10 nitrogen and oxygen atoms in total. The predicted molar refractivity (Wildman–Crippen MR) is 130 cm³/mol. The van der Waals surface area contributed by atoms with Crippen LogP contribution in [0, 0.1) is 5.82 Å². The van der Waals surface area contributed by atoms with Crippen LogP contribution >= 0.6 is 0 Å². The first kappa shape index (κ1) is 24.5. The predicted octanol–water partition coefficient (Wildman–Crippen LogP) is 3.87. The molecule has 2 atom stereocenters. The first-order chi connectivity index (χ1) is 16.6. The molecule has 3 aromatic heterocycles. The molecule has 0 unspecified atom stereocenters. The van der Waals surface area contributed by atoms with Crippen LogP contribution in [-0.4, -0.2) is 50.5 Å². The van der Waals surface area contributed by atoms with Gasteiger partial charge in [0.25, 0.3) is 0 Å².